The second-order valence-corrected chi connectivity index (χ2v) is 4.51. The van der Waals surface area contributed by atoms with Crippen molar-refractivity contribution in [3.63, 3.8) is 0 Å². The molecule has 15 heavy (non-hydrogen) atoms. The molecule has 0 aromatic carbocycles. The predicted molar refractivity (Wildman–Crippen MR) is 62.8 cm³/mol. The van der Waals surface area contributed by atoms with E-state index in [0.29, 0.717) is 5.92 Å². The van der Waals surface area contributed by atoms with Crippen molar-refractivity contribution in [2.75, 3.05) is 13.2 Å². The summed E-state index contributed by atoms with van der Waals surface area (Å²) in [5, 5.41) is 0. The van der Waals surface area contributed by atoms with Crippen LogP contribution in [0.5, 0.6) is 0 Å². The van der Waals surface area contributed by atoms with E-state index >= 15 is 0 Å². The fourth-order valence-corrected chi connectivity index (χ4v) is 2.19. The third kappa shape index (κ3) is 4.98. The van der Waals surface area contributed by atoms with Crippen molar-refractivity contribution in [1.29, 1.82) is 0 Å². The highest BCUT2D eigenvalue weighted by atomic mass is 16.7. The lowest BCUT2D eigenvalue weighted by Gasteiger charge is -2.30. The van der Waals surface area contributed by atoms with Crippen molar-refractivity contribution in [3.8, 4) is 0 Å². The Balaban J connectivity index is 2.30. The minimum Gasteiger partial charge on any atom is -0.352 e. The molecule has 0 N–H and O–H groups in total. The lowest BCUT2D eigenvalue weighted by molar-refractivity contribution is -0.177. The van der Waals surface area contributed by atoms with Gasteiger partial charge in [0.15, 0.2) is 6.29 Å². The maximum absolute atomic E-state index is 5.81. The molecule has 2 nitrogen and oxygen atoms in total. The van der Waals surface area contributed by atoms with Crippen LogP contribution in [0.25, 0.3) is 0 Å². The summed E-state index contributed by atoms with van der Waals surface area (Å²) >= 11 is 0. The van der Waals surface area contributed by atoms with Gasteiger partial charge in [0, 0.05) is 19.1 Å². The Hall–Kier alpha value is -0.0800. The maximum atomic E-state index is 5.81. The van der Waals surface area contributed by atoms with Crippen LogP contribution in [-0.4, -0.2) is 19.5 Å². The van der Waals surface area contributed by atoms with Crippen LogP contribution in [0.3, 0.4) is 0 Å². The summed E-state index contributed by atoms with van der Waals surface area (Å²) in [4.78, 5) is 0. The first-order chi connectivity index (χ1) is 7.38. The maximum Gasteiger partial charge on any atom is 0.160 e. The first kappa shape index (κ1) is 13.0. The lowest BCUT2D eigenvalue weighted by Crippen LogP contribution is -2.29. The van der Waals surface area contributed by atoms with E-state index in [1.165, 1.54) is 32.1 Å². The molecule has 0 bridgehead atoms. The minimum absolute atomic E-state index is 0.0743. The number of hydrogen-bond acceptors (Lipinski definition) is 2. The van der Waals surface area contributed by atoms with Gasteiger partial charge in [0.2, 0.25) is 0 Å². The number of hydrogen-bond donors (Lipinski definition) is 0. The van der Waals surface area contributed by atoms with E-state index in [1.807, 2.05) is 0 Å². The molecule has 0 aromatic heterocycles. The highest BCUT2D eigenvalue weighted by Gasteiger charge is 2.24. The van der Waals surface area contributed by atoms with Crippen LogP contribution < -0.4 is 0 Å². The molecule has 1 aliphatic carbocycles. The molecule has 0 saturated heterocycles. The average Bonchev–Trinajstić information content (AvgIpc) is 2.30. The Morgan fingerprint density at radius 3 is 1.93 bits per heavy atom. The third-order valence-corrected chi connectivity index (χ3v) is 3.01. The molecule has 2 heteroatoms. The topological polar surface area (TPSA) is 18.5 Å². The summed E-state index contributed by atoms with van der Waals surface area (Å²) in [7, 11) is 0. The van der Waals surface area contributed by atoms with Crippen LogP contribution >= 0.6 is 0 Å². The Kier molecular flexibility index (Phi) is 7.03. The van der Waals surface area contributed by atoms with Gasteiger partial charge < -0.3 is 9.47 Å². The zero-order valence-electron chi connectivity index (χ0n) is 10.3. The molecule has 1 saturated carbocycles. The van der Waals surface area contributed by atoms with E-state index in [4.69, 9.17) is 9.47 Å². The molecular formula is C13H26O2. The van der Waals surface area contributed by atoms with Crippen molar-refractivity contribution in [1.82, 2.24) is 0 Å². The Morgan fingerprint density at radius 2 is 1.47 bits per heavy atom. The van der Waals surface area contributed by atoms with E-state index in [0.717, 1.165) is 26.1 Å². The zero-order valence-corrected chi connectivity index (χ0v) is 10.3. The number of rotatable bonds is 7. The van der Waals surface area contributed by atoms with Gasteiger partial charge in [-0.1, -0.05) is 33.1 Å². The van der Waals surface area contributed by atoms with E-state index in [1.54, 1.807) is 0 Å². The average molecular weight is 214 g/mol. The Labute approximate surface area is 94.3 Å². The molecule has 0 heterocycles. The van der Waals surface area contributed by atoms with Crippen molar-refractivity contribution < 1.29 is 9.47 Å². The third-order valence-electron chi connectivity index (χ3n) is 3.01. The molecule has 1 aliphatic rings. The second kappa shape index (κ2) is 8.12. The van der Waals surface area contributed by atoms with E-state index in [9.17, 15) is 0 Å². The quantitative estimate of drug-likeness (QED) is 0.601. The summed E-state index contributed by atoms with van der Waals surface area (Å²) < 4.78 is 11.6. The normalized spacial score (nSPS) is 18.6. The molecule has 0 amide bonds. The van der Waals surface area contributed by atoms with Gasteiger partial charge in [-0.15, -0.1) is 0 Å². The van der Waals surface area contributed by atoms with Crippen LogP contribution in [-0.2, 0) is 9.47 Å². The Bertz CT molecular complexity index is 133. The van der Waals surface area contributed by atoms with E-state index in [2.05, 4.69) is 13.8 Å². The van der Waals surface area contributed by atoms with E-state index in [-0.39, 0.29) is 6.29 Å². The van der Waals surface area contributed by atoms with Gasteiger partial charge in [0.25, 0.3) is 0 Å². The highest BCUT2D eigenvalue weighted by Crippen LogP contribution is 2.28. The van der Waals surface area contributed by atoms with Gasteiger partial charge in [-0.25, -0.2) is 0 Å². The van der Waals surface area contributed by atoms with Crippen molar-refractivity contribution in [3.05, 3.63) is 0 Å². The van der Waals surface area contributed by atoms with Crippen molar-refractivity contribution in [2.45, 2.75) is 65.1 Å². The fourth-order valence-electron chi connectivity index (χ4n) is 2.19. The molecule has 0 atom stereocenters. The van der Waals surface area contributed by atoms with Crippen LogP contribution in [0.15, 0.2) is 0 Å². The van der Waals surface area contributed by atoms with Crippen LogP contribution in [0.1, 0.15) is 58.8 Å². The minimum atomic E-state index is 0.0743. The highest BCUT2D eigenvalue weighted by molar-refractivity contribution is 4.69. The summed E-state index contributed by atoms with van der Waals surface area (Å²) in [6, 6.07) is 0. The SMILES string of the molecule is CCCOC(OCCC)C1CCCCC1. The number of ether oxygens (including phenoxy) is 2. The summed E-state index contributed by atoms with van der Waals surface area (Å²) in [5.74, 6) is 0.650. The van der Waals surface area contributed by atoms with Gasteiger partial charge in [-0.3, -0.25) is 0 Å². The summed E-state index contributed by atoms with van der Waals surface area (Å²) in [6.45, 7) is 5.98. The molecule has 1 rings (SSSR count). The molecule has 1 fully saturated rings. The van der Waals surface area contributed by atoms with Crippen LogP contribution in [0.2, 0.25) is 0 Å². The standard InChI is InChI=1S/C13H26O2/c1-3-10-14-13(15-11-4-2)12-8-6-5-7-9-12/h12-13H,3-11H2,1-2H3. The molecule has 0 aromatic rings. The molecule has 90 valence electrons. The molecule has 0 spiro atoms. The molecule has 0 radical (unpaired) electrons. The lowest BCUT2D eigenvalue weighted by atomic mass is 9.89. The molecule has 0 unspecified atom stereocenters. The zero-order chi connectivity index (χ0) is 10.9. The van der Waals surface area contributed by atoms with Crippen LogP contribution in [0, 0.1) is 5.92 Å². The smallest absolute Gasteiger partial charge is 0.160 e. The van der Waals surface area contributed by atoms with Gasteiger partial charge in [0.05, 0.1) is 0 Å². The van der Waals surface area contributed by atoms with Gasteiger partial charge in [-0.2, -0.15) is 0 Å². The largest absolute Gasteiger partial charge is 0.352 e. The van der Waals surface area contributed by atoms with Crippen molar-refractivity contribution in [2.24, 2.45) is 5.92 Å². The first-order valence-electron chi connectivity index (χ1n) is 6.61. The second-order valence-electron chi connectivity index (χ2n) is 4.51. The molecule has 0 aliphatic heterocycles. The fraction of sp³-hybridized carbons (Fsp3) is 1.00. The molecular weight excluding hydrogens is 188 g/mol. The predicted octanol–water partition coefficient (Wildman–Crippen LogP) is 3.75. The van der Waals surface area contributed by atoms with Gasteiger partial charge in [-0.05, 0) is 25.7 Å². The van der Waals surface area contributed by atoms with Gasteiger partial charge >= 0.3 is 0 Å². The summed E-state index contributed by atoms with van der Waals surface area (Å²) in [5.41, 5.74) is 0. The van der Waals surface area contributed by atoms with E-state index < -0.39 is 0 Å². The van der Waals surface area contributed by atoms with Gasteiger partial charge in [0.1, 0.15) is 0 Å². The monoisotopic (exact) mass is 214 g/mol. The Morgan fingerprint density at radius 1 is 0.933 bits per heavy atom. The first-order valence-corrected chi connectivity index (χ1v) is 6.61. The summed E-state index contributed by atoms with van der Waals surface area (Å²) in [6.07, 6.45) is 8.92. The van der Waals surface area contributed by atoms with Crippen molar-refractivity contribution >= 4 is 0 Å². The van der Waals surface area contributed by atoms with Crippen LogP contribution in [0.4, 0.5) is 0 Å².